The molecule has 2 aliphatic heterocycles. The minimum absolute atomic E-state index is 0.00122. The summed E-state index contributed by atoms with van der Waals surface area (Å²) in [7, 11) is 0. The van der Waals surface area contributed by atoms with Crippen LogP contribution in [0.3, 0.4) is 0 Å². The molecule has 0 bridgehead atoms. The van der Waals surface area contributed by atoms with Crippen molar-refractivity contribution < 1.29 is 0 Å². The van der Waals surface area contributed by atoms with Gasteiger partial charge in [-0.05, 0) is 61.2 Å². The molecule has 0 amide bonds. The van der Waals surface area contributed by atoms with Gasteiger partial charge in [0.1, 0.15) is 6.17 Å². The SMILES string of the molecule is CC1C(c2ccccc2)=NC(c2ccccc2)=NC1n1c2c(c3c4c(ccc31)sc1ccccc14)-c1ccccc1N(C1=CC=CCC1)C1=C2CC=C1. The van der Waals surface area contributed by atoms with Crippen molar-refractivity contribution in [1.29, 1.82) is 0 Å². The quantitative estimate of drug-likeness (QED) is 0.180. The summed E-state index contributed by atoms with van der Waals surface area (Å²) >= 11 is 1.89. The normalized spacial score (nSPS) is 19.3. The van der Waals surface area contributed by atoms with Crippen LogP contribution >= 0.6 is 11.3 Å². The summed E-state index contributed by atoms with van der Waals surface area (Å²) < 4.78 is 5.24. The molecule has 7 aromatic rings. The molecule has 254 valence electrons. The summed E-state index contributed by atoms with van der Waals surface area (Å²) in [5.74, 6) is 0.775. The monoisotopic (exact) mass is 700 g/mol. The third kappa shape index (κ3) is 4.60. The number of thiophene rings is 1. The van der Waals surface area contributed by atoms with Crippen LogP contribution in [0.15, 0.2) is 173 Å². The van der Waals surface area contributed by atoms with Crippen LogP contribution in [-0.4, -0.2) is 16.1 Å². The Morgan fingerprint density at radius 1 is 0.736 bits per heavy atom. The van der Waals surface area contributed by atoms with Gasteiger partial charge < -0.3 is 9.47 Å². The molecular formula is C48H36N4S. The Morgan fingerprint density at radius 3 is 2.34 bits per heavy atom. The Kier molecular flexibility index (Phi) is 6.93. The van der Waals surface area contributed by atoms with Crippen molar-refractivity contribution in [3.05, 3.63) is 180 Å². The van der Waals surface area contributed by atoms with Crippen LogP contribution in [0, 0.1) is 5.92 Å². The molecule has 0 radical (unpaired) electrons. The van der Waals surface area contributed by atoms with Crippen molar-refractivity contribution in [3.8, 4) is 11.1 Å². The number of hydrogen-bond donors (Lipinski definition) is 0. The van der Waals surface area contributed by atoms with E-state index >= 15 is 0 Å². The molecule has 2 atom stereocenters. The molecule has 0 saturated heterocycles. The second-order valence-corrected chi connectivity index (χ2v) is 15.4. The second-order valence-electron chi connectivity index (χ2n) is 14.4. The number of aromatic nitrogens is 1. The van der Waals surface area contributed by atoms with Crippen molar-refractivity contribution in [2.75, 3.05) is 4.90 Å². The van der Waals surface area contributed by atoms with Crippen molar-refractivity contribution in [3.63, 3.8) is 0 Å². The van der Waals surface area contributed by atoms with Crippen molar-refractivity contribution in [2.24, 2.45) is 15.9 Å². The highest BCUT2D eigenvalue weighted by atomic mass is 32.1. The van der Waals surface area contributed by atoms with Crippen molar-refractivity contribution in [1.82, 2.24) is 4.57 Å². The van der Waals surface area contributed by atoms with Gasteiger partial charge in [0.25, 0.3) is 0 Å². The Balaban J connectivity index is 1.29. The van der Waals surface area contributed by atoms with Gasteiger partial charge in [0.05, 0.1) is 28.3 Å². The number of fused-ring (bicyclic) bond motifs is 10. The molecular weight excluding hydrogens is 665 g/mol. The van der Waals surface area contributed by atoms with Gasteiger partial charge in [0, 0.05) is 59.4 Å². The summed E-state index contributed by atoms with van der Waals surface area (Å²) in [6, 6.07) is 43.9. The fourth-order valence-corrected chi connectivity index (χ4v) is 10.1. The molecule has 11 rings (SSSR count). The molecule has 0 spiro atoms. The molecule has 2 unspecified atom stereocenters. The summed E-state index contributed by atoms with van der Waals surface area (Å²) in [5.41, 5.74) is 13.5. The zero-order valence-electron chi connectivity index (χ0n) is 29.4. The first-order chi connectivity index (χ1) is 26.2. The van der Waals surface area contributed by atoms with Gasteiger partial charge in [-0.1, -0.05) is 122 Å². The maximum absolute atomic E-state index is 5.67. The first kappa shape index (κ1) is 30.6. The van der Waals surface area contributed by atoms with E-state index in [-0.39, 0.29) is 12.1 Å². The lowest BCUT2D eigenvalue weighted by atomic mass is 9.92. The van der Waals surface area contributed by atoms with E-state index in [1.54, 1.807) is 0 Å². The molecule has 0 saturated carbocycles. The van der Waals surface area contributed by atoms with Crippen LogP contribution < -0.4 is 4.90 Å². The van der Waals surface area contributed by atoms with Gasteiger partial charge in [-0.25, -0.2) is 9.98 Å². The standard InChI is InChI=1S/C48H36N4S/c1-30-45(31-16-5-2-6-17-31)49-47(32-18-7-3-8-19-32)50-48(30)52-39-28-29-41-42(36-23-12-14-27-40(36)53-41)44(39)43-34-22-11-13-25-37(34)51(33-20-9-4-10-21-33)38-26-15-24-35(38)46(43)52/h2-9,11-20,22-23,25-30,48H,10,21,24H2,1H3. The number of nitrogens with zero attached hydrogens (tertiary/aromatic N) is 4. The fraction of sp³-hybridized carbons (Fsp3) is 0.125. The van der Waals surface area contributed by atoms with E-state index in [2.05, 4.69) is 168 Å². The summed E-state index contributed by atoms with van der Waals surface area (Å²) in [6.07, 6.45) is 14.2. The minimum atomic E-state index is -0.239. The van der Waals surface area contributed by atoms with E-state index in [1.807, 2.05) is 11.3 Å². The van der Waals surface area contributed by atoms with E-state index in [9.17, 15) is 0 Å². The minimum Gasteiger partial charge on any atom is -0.316 e. The largest absolute Gasteiger partial charge is 0.316 e. The molecule has 5 heteroatoms. The summed E-state index contributed by atoms with van der Waals surface area (Å²) in [4.78, 5) is 13.6. The number of benzene rings is 5. The highest BCUT2D eigenvalue weighted by Gasteiger charge is 2.39. The average Bonchev–Trinajstić information content (AvgIpc) is 3.92. The fourth-order valence-electron chi connectivity index (χ4n) is 9.04. The zero-order chi connectivity index (χ0) is 35.0. The van der Waals surface area contributed by atoms with Crippen LogP contribution in [0.1, 0.15) is 49.2 Å². The topological polar surface area (TPSA) is 32.9 Å². The summed E-state index contributed by atoms with van der Waals surface area (Å²) in [5, 5.41) is 3.96. The number of para-hydroxylation sites is 1. The van der Waals surface area contributed by atoms with E-state index in [4.69, 9.17) is 9.98 Å². The van der Waals surface area contributed by atoms with Crippen LogP contribution in [0.25, 0.3) is 47.8 Å². The molecule has 0 fully saturated rings. The molecule has 4 aliphatic rings. The van der Waals surface area contributed by atoms with Crippen LogP contribution in [0.5, 0.6) is 0 Å². The Morgan fingerprint density at radius 2 is 1.51 bits per heavy atom. The predicted molar refractivity (Wildman–Crippen MR) is 224 cm³/mol. The third-order valence-corrected chi connectivity index (χ3v) is 12.5. The first-order valence-corrected chi connectivity index (χ1v) is 19.5. The summed E-state index contributed by atoms with van der Waals surface area (Å²) in [6.45, 7) is 2.32. The van der Waals surface area contributed by atoms with Gasteiger partial charge >= 0.3 is 0 Å². The molecule has 53 heavy (non-hydrogen) atoms. The molecule has 4 heterocycles. The lowest BCUT2D eigenvalue weighted by Crippen LogP contribution is -2.30. The smallest absolute Gasteiger partial charge is 0.156 e. The highest BCUT2D eigenvalue weighted by Crippen LogP contribution is 2.55. The van der Waals surface area contributed by atoms with Crippen LogP contribution in [-0.2, 0) is 0 Å². The van der Waals surface area contributed by atoms with Crippen molar-refractivity contribution in [2.45, 2.75) is 32.4 Å². The van der Waals surface area contributed by atoms with Crippen LogP contribution in [0.4, 0.5) is 5.69 Å². The number of hydrogen-bond acceptors (Lipinski definition) is 4. The van der Waals surface area contributed by atoms with Gasteiger partial charge in [-0.2, -0.15) is 0 Å². The van der Waals surface area contributed by atoms with Gasteiger partial charge in [-0.3, -0.25) is 0 Å². The van der Waals surface area contributed by atoms with Gasteiger partial charge in [-0.15, -0.1) is 11.3 Å². The maximum atomic E-state index is 5.67. The van der Waals surface area contributed by atoms with E-state index in [0.29, 0.717) is 0 Å². The van der Waals surface area contributed by atoms with E-state index < -0.39 is 0 Å². The first-order valence-electron chi connectivity index (χ1n) is 18.7. The lowest BCUT2D eigenvalue weighted by molar-refractivity contribution is 0.450. The number of rotatable bonds is 4. The highest BCUT2D eigenvalue weighted by molar-refractivity contribution is 7.26. The predicted octanol–water partition coefficient (Wildman–Crippen LogP) is 12.5. The number of aliphatic imine (C=N–C) groups is 2. The molecule has 4 nitrogen and oxygen atoms in total. The molecule has 2 aliphatic carbocycles. The number of anilines is 1. The van der Waals surface area contributed by atoms with Gasteiger partial charge in [0.15, 0.2) is 5.84 Å². The van der Waals surface area contributed by atoms with E-state index in [1.165, 1.54) is 70.6 Å². The van der Waals surface area contributed by atoms with Gasteiger partial charge in [0.2, 0.25) is 0 Å². The third-order valence-electron chi connectivity index (χ3n) is 11.4. The maximum Gasteiger partial charge on any atom is 0.156 e. The Labute approximate surface area is 312 Å². The molecule has 5 aromatic carbocycles. The van der Waals surface area contributed by atoms with E-state index in [0.717, 1.165) is 41.9 Å². The zero-order valence-corrected chi connectivity index (χ0v) is 30.2. The second kappa shape index (κ2) is 12.0. The number of allylic oxidation sites excluding steroid dienone is 7. The Bertz CT molecular complexity index is 2820. The average molecular weight is 701 g/mol. The van der Waals surface area contributed by atoms with Crippen molar-refractivity contribution >= 4 is 65.2 Å². The molecule has 0 N–H and O–H groups in total. The van der Waals surface area contributed by atoms with Crippen LogP contribution in [0.2, 0.25) is 0 Å². The lowest BCUT2D eigenvalue weighted by Gasteiger charge is -2.32. The molecule has 2 aromatic heterocycles. The Hall–Kier alpha value is -6.04. The number of amidine groups is 1.